The predicted molar refractivity (Wildman–Crippen MR) is 77.0 cm³/mol. The number of rotatable bonds is 3. The lowest BCUT2D eigenvalue weighted by molar-refractivity contribution is -0.148. The van der Waals surface area contributed by atoms with E-state index in [9.17, 15) is 9.59 Å². The molecule has 1 N–H and O–H groups in total. The van der Waals surface area contributed by atoms with Crippen LogP contribution in [0.5, 0.6) is 0 Å². The standard InChI is InChI=1S/C16H27NO3/c1-4-20-15(19)14-16(10-13(18)17-14)8-5-6-12(7-9-16)11(2)3/h11-12,14H,4-10H2,1-3H3,(H,17,18). The van der Waals surface area contributed by atoms with Crippen molar-refractivity contribution in [2.24, 2.45) is 17.3 Å². The Kier molecular flexibility index (Phi) is 4.71. The second-order valence-electron chi connectivity index (χ2n) is 6.73. The molecule has 0 aromatic rings. The monoisotopic (exact) mass is 281 g/mol. The first-order valence-electron chi connectivity index (χ1n) is 7.94. The van der Waals surface area contributed by atoms with Crippen molar-refractivity contribution in [3.63, 3.8) is 0 Å². The molecule has 1 aliphatic heterocycles. The maximum atomic E-state index is 12.2. The van der Waals surface area contributed by atoms with Crippen molar-refractivity contribution in [1.29, 1.82) is 0 Å². The molecule has 1 spiro atoms. The van der Waals surface area contributed by atoms with Crippen LogP contribution in [0.15, 0.2) is 0 Å². The lowest BCUT2D eigenvalue weighted by Crippen LogP contribution is -2.44. The van der Waals surface area contributed by atoms with Gasteiger partial charge in [0.15, 0.2) is 0 Å². The van der Waals surface area contributed by atoms with E-state index in [4.69, 9.17) is 4.74 Å². The van der Waals surface area contributed by atoms with Crippen molar-refractivity contribution in [2.75, 3.05) is 6.61 Å². The van der Waals surface area contributed by atoms with E-state index in [2.05, 4.69) is 19.2 Å². The lowest BCUT2D eigenvalue weighted by Gasteiger charge is -2.31. The van der Waals surface area contributed by atoms with Crippen LogP contribution in [0.2, 0.25) is 0 Å². The van der Waals surface area contributed by atoms with E-state index in [0.717, 1.165) is 25.7 Å². The molecular weight excluding hydrogens is 254 g/mol. The van der Waals surface area contributed by atoms with Crippen LogP contribution in [-0.2, 0) is 14.3 Å². The van der Waals surface area contributed by atoms with E-state index >= 15 is 0 Å². The Labute approximate surface area is 121 Å². The summed E-state index contributed by atoms with van der Waals surface area (Å²) in [4.78, 5) is 24.0. The van der Waals surface area contributed by atoms with Gasteiger partial charge in [-0.05, 0) is 38.0 Å². The molecule has 4 heteroatoms. The molecule has 0 aromatic heterocycles. The highest BCUT2D eigenvalue weighted by Crippen LogP contribution is 2.46. The molecule has 1 heterocycles. The average Bonchev–Trinajstić information content (AvgIpc) is 2.57. The molecular formula is C16H27NO3. The molecule has 1 amide bonds. The third-order valence-corrected chi connectivity index (χ3v) is 5.16. The Hall–Kier alpha value is -1.06. The summed E-state index contributed by atoms with van der Waals surface area (Å²) in [5.74, 6) is 1.15. The zero-order valence-electron chi connectivity index (χ0n) is 12.9. The Morgan fingerprint density at radius 2 is 2.15 bits per heavy atom. The summed E-state index contributed by atoms with van der Waals surface area (Å²) in [6, 6.07) is -0.430. The normalized spacial score (nSPS) is 34.1. The minimum absolute atomic E-state index is 0.00560. The highest BCUT2D eigenvalue weighted by molar-refractivity contribution is 5.90. The second kappa shape index (κ2) is 6.15. The summed E-state index contributed by atoms with van der Waals surface area (Å²) in [7, 11) is 0. The maximum Gasteiger partial charge on any atom is 0.329 e. The van der Waals surface area contributed by atoms with Gasteiger partial charge in [0, 0.05) is 11.8 Å². The number of hydrogen-bond donors (Lipinski definition) is 1. The topological polar surface area (TPSA) is 55.4 Å². The molecule has 0 aromatic carbocycles. The fraction of sp³-hybridized carbons (Fsp3) is 0.875. The summed E-state index contributed by atoms with van der Waals surface area (Å²) >= 11 is 0. The smallest absolute Gasteiger partial charge is 0.329 e. The van der Waals surface area contributed by atoms with E-state index in [-0.39, 0.29) is 17.3 Å². The van der Waals surface area contributed by atoms with Gasteiger partial charge in [-0.25, -0.2) is 4.79 Å². The highest BCUT2D eigenvalue weighted by Gasteiger charge is 2.51. The fourth-order valence-corrected chi connectivity index (χ4v) is 3.91. The van der Waals surface area contributed by atoms with Gasteiger partial charge in [0.25, 0.3) is 0 Å². The van der Waals surface area contributed by atoms with Crippen LogP contribution in [0.1, 0.15) is 59.3 Å². The van der Waals surface area contributed by atoms with E-state index in [1.807, 2.05) is 6.92 Å². The van der Waals surface area contributed by atoms with Crippen LogP contribution in [-0.4, -0.2) is 24.5 Å². The van der Waals surface area contributed by atoms with Crippen LogP contribution < -0.4 is 5.32 Å². The van der Waals surface area contributed by atoms with Crippen molar-refractivity contribution in [3.8, 4) is 0 Å². The molecule has 20 heavy (non-hydrogen) atoms. The van der Waals surface area contributed by atoms with Gasteiger partial charge in [-0.3, -0.25) is 4.79 Å². The van der Waals surface area contributed by atoms with Gasteiger partial charge in [0.05, 0.1) is 6.61 Å². The third kappa shape index (κ3) is 2.99. The Bertz CT molecular complexity index is 380. The number of carbonyl (C=O) groups excluding carboxylic acids is 2. The minimum Gasteiger partial charge on any atom is -0.464 e. The van der Waals surface area contributed by atoms with Crippen molar-refractivity contribution in [1.82, 2.24) is 5.32 Å². The molecule has 0 bridgehead atoms. The SMILES string of the molecule is CCOC(=O)C1NC(=O)CC12CCCC(C(C)C)CC2. The zero-order chi connectivity index (χ0) is 14.8. The predicted octanol–water partition coefficient (Wildman–Crippen LogP) is 2.66. The summed E-state index contributed by atoms with van der Waals surface area (Å²) in [6.45, 7) is 6.71. The number of amides is 1. The Morgan fingerprint density at radius 3 is 2.80 bits per heavy atom. The van der Waals surface area contributed by atoms with Crippen LogP contribution >= 0.6 is 0 Å². The quantitative estimate of drug-likeness (QED) is 0.809. The average molecular weight is 281 g/mol. The van der Waals surface area contributed by atoms with Gasteiger partial charge >= 0.3 is 5.97 Å². The van der Waals surface area contributed by atoms with E-state index in [1.54, 1.807) is 0 Å². The van der Waals surface area contributed by atoms with Crippen molar-refractivity contribution in [3.05, 3.63) is 0 Å². The molecule has 3 atom stereocenters. The first-order chi connectivity index (χ1) is 9.48. The first-order valence-corrected chi connectivity index (χ1v) is 7.94. The Balaban J connectivity index is 2.14. The third-order valence-electron chi connectivity index (χ3n) is 5.16. The van der Waals surface area contributed by atoms with Gasteiger partial charge in [-0.2, -0.15) is 0 Å². The van der Waals surface area contributed by atoms with Crippen molar-refractivity contribution >= 4 is 11.9 Å². The Morgan fingerprint density at radius 1 is 1.40 bits per heavy atom. The van der Waals surface area contributed by atoms with E-state index in [0.29, 0.717) is 24.9 Å². The molecule has 1 aliphatic carbocycles. The summed E-state index contributed by atoms with van der Waals surface area (Å²) in [5.41, 5.74) is -0.201. The van der Waals surface area contributed by atoms with Crippen LogP contribution in [0.4, 0.5) is 0 Å². The fourth-order valence-electron chi connectivity index (χ4n) is 3.91. The molecule has 4 nitrogen and oxygen atoms in total. The number of carbonyl (C=O) groups is 2. The summed E-state index contributed by atoms with van der Waals surface area (Å²) < 4.78 is 5.16. The van der Waals surface area contributed by atoms with Crippen LogP contribution in [0, 0.1) is 17.3 Å². The minimum atomic E-state index is -0.430. The molecule has 3 unspecified atom stereocenters. The largest absolute Gasteiger partial charge is 0.464 e. The molecule has 0 radical (unpaired) electrons. The zero-order valence-corrected chi connectivity index (χ0v) is 12.9. The summed E-state index contributed by atoms with van der Waals surface area (Å²) in [6.07, 6.45) is 5.83. The van der Waals surface area contributed by atoms with Crippen molar-refractivity contribution in [2.45, 2.75) is 65.3 Å². The van der Waals surface area contributed by atoms with Gasteiger partial charge in [0.2, 0.25) is 5.91 Å². The van der Waals surface area contributed by atoms with Gasteiger partial charge in [-0.15, -0.1) is 0 Å². The van der Waals surface area contributed by atoms with E-state index < -0.39 is 6.04 Å². The molecule has 1 saturated heterocycles. The molecule has 1 saturated carbocycles. The van der Waals surface area contributed by atoms with E-state index in [1.165, 1.54) is 6.42 Å². The summed E-state index contributed by atoms with van der Waals surface area (Å²) in [5, 5.41) is 2.86. The van der Waals surface area contributed by atoms with Gasteiger partial charge in [0.1, 0.15) is 6.04 Å². The van der Waals surface area contributed by atoms with Gasteiger partial charge in [-0.1, -0.05) is 26.7 Å². The number of hydrogen-bond acceptors (Lipinski definition) is 3. The second-order valence-corrected chi connectivity index (χ2v) is 6.73. The molecule has 114 valence electrons. The van der Waals surface area contributed by atoms with Crippen molar-refractivity contribution < 1.29 is 14.3 Å². The number of ether oxygens (including phenoxy) is 1. The van der Waals surface area contributed by atoms with Crippen LogP contribution in [0.3, 0.4) is 0 Å². The number of nitrogens with one attached hydrogen (secondary N) is 1. The number of esters is 1. The highest BCUT2D eigenvalue weighted by atomic mass is 16.5. The van der Waals surface area contributed by atoms with Crippen LogP contribution in [0.25, 0.3) is 0 Å². The first kappa shape index (κ1) is 15.3. The molecule has 2 fully saturated rings. The van der Waals surface area contributed by atoms with Gasteiger partial charge < -0.3 is 10.1 Å². The maximum absolute atomic E-state index is 12.2. The molecule has 2 aliphatic rings. The lowest BCUT2D eigenvalue weighted by atomic mass is 9.73. The molecule has 2 rings (SSSR count).